The normalized spacial score (nSPS) is 23.1. The number of rotatable bonds is 11. The van der Waals surface area contributed by atoms with Crippen molar-refractivity contribution in [1.29, 1.82) is 0 Å². The summed E-state index contributed by atoms with van der Waals surface area (Å²) in [4.78, 5) is 2.64. The predicted octanol–water partition coefficient (Wildman–Crippen LogP) is 12.8. The summed E-state index contributed by atoms with van der Waals surface area (Å²) in [5.74, 6) is 2.71. The van der Waals surface area contributed by atoms with Crippen LogP contribution in [0.2, 0.25) is 0 Å². The van der Waals surface area contributed by atoms with E-state index < -0.39 is 0 Å². The van der Waals surface area contributed by atoms with Crippen molar-refractivity contribution in [2.75, 3.05) is 4.90 Å². The van der Waals surface area contributed by atoms with Gasteiger partial charge in [-0.3, -0.25) is 0 Å². The van der Waals surface area contributed by atoms with Crippen molar-refractivity contribution in [3.05, 3.63) is 129 Å². The highest BCUT2D eigenvalue weighted by Crippen LogP contribution is 2.57. The van der Waals surface area contributed by atoms with Gasteiger partial charge in [-0.05, 0) is 139 Å². The van der Waals surface area contributed by atoms with Crippen LogP contribution in [0.3, 0.4) is 0 Å². The molecule has 0 saturated carbocycles. The second-order valence-electron chi connectivity index (χ2n) is 15.6. The summed E-state index contributed by atoms with van der Waals surface area (Å²) in [6.45, 7) is 21.4. The fraction of sp³-hybridized carbons (Fsp3) is 0.478. The standard InChI is InChI=1S/C46H57N/c1-10-45(8,11-2)35-21-25-37(26-22-35)47(46(9,12-3)13-4)36-23-19-34(20-24-36)39-28-27-38(33-17-15-14-16-18-33)44-42-29-32(7)41(43(39)44)30-40(42)31(5)6/h15,17-19,21-29,31,34,40-42H,10-13,20,30H2,1-9H3. The maximum Gasteiger partial charge on any atom is 0.0418 e. The Morgan fingerprint density at radius 3 is 2.19 bits per heavy atom. The molecular weight excluding hydrogens is 567 g/mol. The summed E-state index contributed by atoms with van der Waals surface area (Å²) in [6.07, 6.45) is 23.3. The zero-order chi connectivity index (χ0) is 33.5. The van der Waals surface area contributed by atoms with E-state index in [9.17, 15) is 0 Å². The Morgan fingerprint density at radius 2 is 1.62 bits per heavy atom. The SMILES string of the molecule is CCC(C)(CC)c1ccc(N(C2=CCC(c3ccc(C4=CC=C=C=C4)c4c3C3CC(C(C)C)C4C=C3C)C=C2)C(C)(CC)CC)cc1. The van der Waals surface area contributed by atoms with Gasteiger partial charge in [0.05, 0.1) is 0 Å². The van der Waals surface area contributed by atoms with E-state index in [1.54, 1.807) is 16.7 Å². The van der Waals surface area contributed by atoms with Crippen LogP contribution < -0.4 is 4.90 Å². The van der Waals surface area contributed by atoms with Gasteiger partial charge in [-0.15, -0.1) is 0 Å². The van der Waals surface area contributed by atoms with Crippen molar-refractivity contribution in [2.24, 2.45) is 11.8 Å². The highest BCUT2D eigenvalue weighted by atomic mass is 15.2. The number of hydrogen-bond donors (Lipinski definition) is 0. The fourth-order valence-electron chi connectivity index (χ4n) is 8.96. The molecule has 4 unspecified atom stereocenters. The van der Waals surface area contributed by atoms with Crippen molar-refractivity contribution in [3.63, 3.8) is 0 Å². The number of fused-ring (bicyclic) bond motifs is 1. The smallest absolute Gasteiger partial charge is 0.0418 e. The summed E-state index contributed by atoms with van der Waals surface area (Å²) in [7, 11) is 0. The van der Waals surface area contributed by atoms with Crippen LogP contribution in [-0.2, 0) is 5.41 Å². The van der Waals surface area contributed by atoms with E-state index in [-0.39, 0.29) is 11.0 Å². The Balaban J connectivity index is 1.38. The van der Waals surface area contributed by atoms with E-state index in [0.717, 1.165) is 32.1 Å². The van der Waals surface area contributed by atoms with Gasteiger partial charge in [0.1, 0.15) is 0 Å². The molecule has 2 aromatic carbocycles. The largest absolute Gasteiger partial charge is 0.336 e. The van der Waals surface area contributed by atoms with E-state index in [0.29, 0.717) is 29.6 Å². The summed E-state index contributed by atoms with van der Waals surface area (Å²) >= 11 is 0. The maximum atomic E-state index is 3.23. The lowest BCUT2D eigenvalue weighted by Gasteiger charge is -2.47. The first kappa shape index (κ1) is 33.4. The quantitative estimate of drug-likeness (QED) is 0.178. The third-order valence-corrected chi connectivity index (χ3v) is 13.0. The monoisotopic (exact) mass is 623 g/mol. The number of anilines is 1. The number of nitrogens with zero attached hydrogens (tertiary/aromatic N) is 1. The van der Waals surface area contributed by atoms with Crippen molar-refractivity contribution < 1.29 is 0 Å². The number of hydrogen-bond acceptors (Lipinski definition) is 1. The first-order chi connectivity index (χ1) is 22.6. The molecule has 0 heterocycles. The van der Waals surface area contributed by atoms with Crippen LogP contribution in [0.1, 0.15) is 146 Å². The molecule has 0 radical (unpaired) electrons. The molecule has 2 aromatic rings. The lowest BCUT2D eigenvalue weighted by atomic mass is 9.57. The van der Waals surface area contributed by atoms with Gasteiger partial charge in [-0.1, -0.05) is 108 Å². The Kier molecular flexibility index (Phi) is 9.37. The molecule has 0 fully saturated rings. The van der Waals surface area contributed by atoms with E-state index >= 15 is 0 Å². The second kappa shape index (κ2) is 13.2. The summed E-state index contributed by atoms with van der Waals surface area (Å²) in [6, 6.07) is 14.4. The minimum absolute atomic E-state index is 0.0429. The first-order valence-corrected chi connectivity index (χ1v) is 18.6. The topological polar surface area (TPSA) is 3.24 Å². The molecule has 0 saturated heterocycles. The number of benzene rings is 2. The Morgan fingerprint density at radius 1 is 0.894 bits per heavy atom. The zero-order valence-electron chi connectivity index (χ0n) is 30.6. The Hall–Kier alpha value is -3.50. The third kappa shape index (κ3) is 5.81. The summed E-state index contributed by atoms with van der Waals surface area (Å²) in [5, 5.41) is 0. The molecule has 0 aliphatic heterocycles. The van der Waals surface area contributed by atoms with Crippen molar-refractivity contribution in [2.45, 2.75) is 130 Å². The lowest BCUT2D eigenvalue weighted by Crippen LogP contribution is -2.45. The molecular formula is C46H57N. The molecule has 0 N–H and O–H groups in total. The molecule has 5 aliphatic carbocycles. The second-order valence-corrected chi connectivity index (χ2v) is 15.6. The maximum absolute atomic E-state index is 3.23. The van der Waals surface area contributed by atoms with Gasteiger partial charge in [0.2, 0.25) is 0 Å². The molecule has 0 aromatic heterocycles. The number of allylic oxidation sites excluding steroid dienone is 9. The zero-order valence-corrected chi connectivity index (χ0v) is 30.6. The summed E-state index contributed by atoms with van der Waals surface area (Å²) in [5.41, 5.74) is 19.7. The minimum Gasteiger partial charge on any atom is -0.336 e. The average molecular weight is 624 g/mol. The average Bonchev–Trinajstić information content (AvgIpc) is 3.11. The van der Waals surface area contributed by atoms with E-state index in [1.807, 2.05) is 6.08 Å². The van der Waals surface area contributed by atoms with Gasteiger partial charge in [0, 0.05) is 34.7 Å². The van der Waals surface area contributed by atoms with Gasteiger partial charge < -0.3 is 4.90 Å². The molecule has 2 bridgehead atoms. The van der Waals surface area contributed by atoms with Crippen LogP contribution in [0.15, 0.2) is 102 Å². The van der Waals surface area contributed by atoms with Gasteiger partial charge >= 0.3 is 0 Å². The molecule has 1 heteroatoms. The summed E-state index contributed by atoms with van der Waals surface area (Å²) < 4.78 is 0. The van der Waals surface area contributed by atoms with Crippen LogP contribution in [-0.4, -0.2) is 5.54 Å². The van der Waals surface area contributed by atoms with Crippen LogP contribution in [0.5, 0.6) is 0 Å². The molecule has 246 valence electrons. The van der Waals surface area contributed by atoms with Crippen LogP contribution in [0, 0.1) is 11.8 Å². The molecule has 1 nitrogen and oxygen atoms in total. The fourth-order valence-corrected chi connectivity index (χ4v) is 8.96. The molecule has 47 heavy (non-hydrogen) atoms. The van der Waals surface area contributed by atoms with E-state index in [2.05, 4.69) is 152 Å². The Labute approximate surface area is 286 Å². The first-order valence-electron chi connectivity index (χ1n) is 18.6. The van der Waals surface area contributed by atoms with Gasteiger partial charge in [0.25, 0.3) is 0 Å². The van der Waals surface area contributed by atoms with Gasteiger partial charge in [0.15, 0.2) is 0 Å². The van der Waals surface area contributed by atoms with Crippen molar-refractivity contribution >= 4 is 11.3 Å². The molecule has 5 aliphatic rings. The Bertz CT molecular complexity index is 1720. The molecule has 0 amide bonds. The van der Waals surface area contributed by atoms with Gasteiger partial charge in [-0.2, -0.15) is 0 Å². The minimum atomic E-state index is 0.0429. The van der Waals surface area contributed by atoms with Crippen molar-refractivity contribution in [3.8, 4) is 0 Å². The molecule has 4 atom stereocenters. The van der Waals surface area contributed by atoms with E-state index in [1.165, 1.54) is 40.1 Å². The highest BCUT2D eigenvalue weighted by molar-refractivity contribution is 5.80. The molecule has 0 spiro atoms. The highest BCUT2D eigenvalue weighted by Gasteiger charge is 2.43. The molecule has 7 rings (SSSR count). The van der Waals surface area contributed by atoms with Gasteiger partial charge in [-0.25, -0.2) is 0 Å². The van der Waals surface area contributed by atoms with E-state index in [4.69, 9.17) is 0 Å². The predicted molar refractivity (Wildman–Crippen MR) is 203 cm³/mol. The van der Waals surface area contributed by atoms with Crippen molar-refractivity contribution in [1.82, 2.24) is 0 Å². The van der Waals surface area contributed by atoms with Crippen LogP contribution >= 0.6 is 0 Å². The third-order valence-electron chi connectivity index (χ3n) is 13.0. The lowest BCUT2D eigenvalue weighted by molar-refractivity contribution is 0.278. The van der Waals surface area contributed by atoms with Crippen LogP contribution in [0.25, 0.3) is 5.57 Å². The van der Waals surface area contributed by atoms with Crippen LogP contribution in [0.4, 0.5) is 5.69 Å².